The summed E-state index contributed by atoms with van der Waals surface area (Å²) in [6.45, 7) is 6.03. The molecule has 20 heavy (non-hydrogen) atoms. The van der Waals surface area contributed by atoms with Gasteiger partial charge in [0.25, 0.3) is 0 Å². The van der Waals surface area contributed by atoms with Gasteiger partial charge in [0.15, 0.2) is 0 Å². The standard InChI is InChI=1S/C17H30N2O/c1-4-5-15-6-9-17(13-18,10-7-15)19(3)12-16-8-11-20-14(16)2/h8,11,15H,4-7,9-10,12-13,18H2,1-3H3. The number of hydrogen-bond donors (Lipinski definition) is 1. The van der Waals surface area contributed by atoms with Gasteiger partial charge in [-0.3, -0.25) is 4.90 Å². The van der Waals surface area contributed by atoms with Gasteiger partial charge in [0.1, 0.15) is 5.76 Å². The Balaban J connectivity index is 1.99. The minimum atomic E-state index is 0.188. The summed E-state index contributed by atoms with van der Waals surface area (Å²) in [6, 6.07) is 2.08. The first-order valence-electron chi connectivity index (χ1n) is 8.05. The molecule has 2 N–H and O–H groups in total. The number of hydrogen-bond acceptors (Lipinski definition) is 3. The van der Waals surface area contributed by atoms with E-state index in [4.69, 9.17) is 10.2 Å². The molecule has 1 fully saturated rings. The van der Waals surface area contributed by atoms with Crippen LogP contribution in [0.2, 0.25) is 0 Å². The number of furan rings is 1. The fourth-order valence-electron chi connectivity index (χ4n) is 3.65. The maximum absolute atomic E-state index is 6.16. The molecule has 0 aliphatic heterocycles. The normalized spacial score (nSPS) is 27.1. The van der Waals surface area contributed by atoms with E-state index in [1.165, 1.54) is 44.1 Å². The van der Waals surface area contributed by atoms with Gasteiger partial charge in [-0.05, 0) is 51.6 Å². The van der Waals surface area contributed by atoms with Crippen molar-refractivity contribution in [3.63, 3.8) is 0 Å². The van der Waals surface area contributed by atoms with Gasteiger partial charge in [-0.1, -0.05) is 19.8 Å². The minimum absolute atomic E-state index is 0.188. The molecule has 0 spiro atoms. The summed E-state index contributed by atoms with van der Waals surface area (Å²) in [4.78, 5) is 2.47. The fraction of sp³-hybridized carbons (Fsp3) is 0.765. The summed E-state index contributed by atoms with van der Waals surface area (Å²) < 4.78 is 5.41. The molecule has 0 atom stereocenters. The summed E-state index contributed by atoms with van der Waals surface area (Å²) >= 11 is 0. The molecule has 1 aromatic heterocycles. The van der Waals surface area contributed by atoms with Crippen molar-refractivity contribution in [1.29, 1.82) is 0 Å². The van der Waals surface area contributed by atoms with Gasteiger partial charge in [-0.25, -0.2) is 0 Å². The maximum atomic E-state index is 6.16. The monoisotopic (exact) mass is 278 g/mol. The van der Waals surface area contributed by atoms with Crippen LogP contribution in [0.5, 0.6) is 0 Å². The van der Waals surface area contributed by atoms with Crippen LogP contribution in [0.1, 0.15) is 56.8 Å². The molecule has 0 amide bonds. The van der Waals surface area contributed by atoms with Crippen LogP contribution < -0.4 is 5.73 Å². The Morgan fingerprint density at radius 3 is 2.60 bits per heavy atom. The number of nitrogens with two attached hydrogens (primary N) is 1. The van der Waals surface area contributed by atoms with Crippen LogP contribution in [0.15, 0.2) is 16.7 Å². The largest absolute Gasteiger partial charge is 0.469 e. The number of aryl methyl sites for hydroxylation is 1. The molecule has 0 bridgehead atoms. The molecule has 1 heterocycles. The first-order chi connectivity index (χ1) is 9.61. The lowest BCUT2D eigenvalue weighted by Crippen LogP contribution is -2.53. The third-order valence-electron chi connectivity index (χ3n) is 5.30. The molecule has 1 saturated carbocycles. The van der Waals surface area contributed by atoms with Crippen LogP contribution in [0.25, 0.3) is 0 Å². The predicted octanol–water partition coefficient (Wildman–Crippen LogP) is 3.71. The molecule has 0 aromatic carbocycles. The van der Waals surface area contributed by atoms with Gasteiger partial charge in [0, 0.05) is 24.2 Å². The number of nitrogens with zero attached hydrogens (tertiary/aromatic N) is 1. The van der Waals surface area contributed by atoms with Crippen LogP contribution in [-0.4, -0.2) is 24.0 Å². The molecule has 0 radical (unpaired) electrons. The number of likely N-dealkylation sites (N-methyl/N-ethyl adjacent to an activating group) is 1. The molecular formula is C17H30N2O. The molecule has 114 valence electrons. The SMILES string of the molecule is CCCC1CCC(CN)(N(C)Cc2ccoc2C)CC1. The van der Waals surface area contributed by atoms with Crippen molar-refractivity contribution in [2.75, 3.05) is 13.6 Å². The average molecular weight is 278 g/mol. The van der Waals surface area contributed by atoms with E-state index in [0.717, 1.165) is 24.8 Å². The summed E-state index contributed by atoms with van der Waals surface area (Å²) in [5, 5.41) is 0. The van der Waals surface area contributed by atoms with Gasteiger partial charge in [-0.15, -0.1) is 0 Å². The van der Waals surface area contributed by atoms with Crippen LogP contribution in [0, 0.1) is 12.8 Å². The Hall–Kier alpha value is -0.800. The van der Waals surface area contributed by atoms with E-state index in [-0.39, 0.29) is 5.54 Å². The Labute approximate surface area is 123 Å². The van der Waals surface area contributed by atoms with Crippen molar-refractivity contribution in [2.45, 2.75) is 64.5 Å². The van der Waals surface area contributed by atoms with Crippen molar-refractivity contribution in [2.24, 2.45) is 11.7 Å². The lowest BCUT2D eigenvalue weighted by atomic mass is 9.74. The first-order valence-corrected chi connectivity index (χ1v) is 8.05. The van der Waals surface area contributed by atoms with E-state index in [9.17, 15) is 0 Å². The van der Waals surface area contributed by atoms with Crippen molar-refractivity contribution in [3.8, 4) is 0 Å². The molecule has 0 saturated heterocycles. The van der Waals surface area contributed by atoms with E-state index in [1.54, 1.807) is 6.26 Å². The molecule has 0 unspecified atom stereocenters. The second-order valence-electron chi connectivity index (χ2n) is 6.52. The van der Waals surface area contributed by atoms with Gasteiger partial charge < -0.3 is 10.2 Å². The Morgan fingerprint density at radius 2 is 2.10 bits per heavy atom. The molecule has 3 heteroatoms. The van der Waals surface area contributed by atoms with Crippen molar-refractivity contribution in [1.82, 2.24) is 4.90 Å². The second kappa shape index (κ2) is 6.77. The topological polar surface area (TPSA) is 42.4 Å². The van der Waals surface area contributed by atoms with E-state index in [1.807, 2.05) is 6.92 Å². The summed E-state index contributed by atoms with van der Waals surface area (Å²) in [6.07, 6.45) is 9.62. The lowest BCUT2D eigenvalue weighted by molar-refractivity contribution is 0.0566. The van der Waals surface area contributed by atoms with Gasteiger partial charge in [0.05, 0.1) is 6.26 Å². The smallest absolute Gasteiger partial charge is 0.105 e. The predicted molar refractivity (Wildman–Crippen MR) is 83.6 cm³/mol. The maximum Gasteiger partial charge on any atom is 0.105 e. The van der Waals surface area contributed by atoms with Gasteiger partial charge >= 0.3 is 0 Å². The van der Waals surface area contributed by atoms with Crippen LogP contribution in [-0.2, 0) is 6.54 Å². The molecule has 1 aliphatic rings. The third kappa shape index (κ3) is 3.26. The second-order valence-corrected chi connectivity index (χ2v) is 6.52. The molecule has 2 rings (SSSR count). The van der Waals surface area contributed by atoms with Crippen LogP contribution in [0.4, 0.5) is 0 Å². The molecule has 1 aliphatic carbocycles. The highest BCUT2D eigenvalue weighted by Crippen LogP contribution is 2.37. The van der Waals surface area contributed by atoms with E-state index in [0.29, 0.717) is 0 Å². The van der Waals surface area contributed by atoms with E-state index >= 15 is 0 Å². The van der Waals surface area contributed by atoms with Crippen LogP contribution >= 0.6 is 0 Å². The molecular weight excluding hydrogens is 248 g/mol. The van der Waals surface area contributed by atoms with E-state index in [2.05, 4.69) is 24.9 Å². The van der Waals surface area contributed by atoms with Crippen molar-refractivity contribution >= 4 is 0 Å². The molecule has 1 aromatic rings. The molecule has 3 nitrogen and oxygen atoms in total. The van der Waals surface area contributed by atoms with Crippen molar-refractivity contribution < 1.29 is 4.42 Å². The van der Waals surface area contributed by atoms with Gasteiger partial charge in [0.2, 0.25) is 0 Å². The minimum Gasteiger partial charge on any atom is -0.469 e. The highest BCUT2D eigenvalue weighted by molar-refractivity contribution is 5.16. The zero-order chi connectivity index (χ0) is 14.6. The lowest BCUT2D eigenvalue weighted by Gasteiger charge is -2.46. The average Bonchev–Trinajstić information content (AvgIpc) is 2.86. The summed E-state index contributed by atoms with van der Waals surface area (Å²) in [7, 11) is 2.22. The number of rotatable bonds is 6. The first kappa shape index (κ1) is 15.6. The van der Waals surface area contributed by atoms with Gasteiger partial charge in [-0.2, -0.15) is 0 Å². The highest BCUT2D eigenvalue weighted by Gasteiger charge is 2.37. The summed E-state index contributed by atoms with van der Waals surface area (Å²) in [5.74, 6) is 1.95. The summed E-state index contributed by atoms with van der Waals surface area (Å²) in [5.41, 5.74) is 7.64. The fourth-order valence-corrected chi connectivity index (χ4v) is 3.65. The Morgan fingerprint density at radius 1 is 1.40 bits per heavy atom. The Bertz CT molecular complexity index is 405. The Kier molecular flexibility index (Phi) is 5.28. The highest BCUT2D eigenvalue weighted by atomic mass is 16.3. The zero-order valence-corrected chi connectivity index (χ0v) is 13.3. The quantitative estimate of drug-likeness (QED) is 0.862. The van der Waals surface area contributed by atoms with Crippen LogP contribution in [0.3, 0.4) is 0 Å². The zero-order valence-electron chi connectivity index (χ0n) is 13.3. The van der Waals surface area contributed by atoms with Crippen molar-refractivity contribution in [3.05, 3.63) is 23.7 Å². The third-order valence-corrected chi connectivity index (χ3v) is 5.30. The van der Waals surface area contributed by atoms with E-state index < -0.39 is 0 Å².